The normalized spacial score (nSPS) is 9.92. The van der Waals surface area contributed by atoms with Crippen LogP contribution >= 0.6 is 34.8 Å². The van der Waals surface area contributed by atoms with E-state index < -0.39 is 0 Å². The number of carbonyl (C=O) groups excluding carboxylic acids is 2. The van der Waals surface area contributed by atoms with Crippen molar-refractivity contribution in [3.63, 3.8) is 0 Å². The fourth-order valence-electron chi connectivity index (χ4n) is 1.96. The van der Waals surface area contributed by atoms with Gasteiger partial charge in [-0.2, -0.15) is 0 Å². The number of likely N-dealkylation sites (N-methyl/N-ethyl adjacent to an activating group) is 1. The minimum atomic E-state index is -0.256. The second-order valence-corrected chi connectivity index (χ2v) is 6.51. The molecule has 2 amide bonds. The summed E-state index contributed by atoms with van der Waals surface area (Å²) in [5.74, 6) is -0.301. The number of halogens is 1. The van der Waals surface area contributed by atoms with Crippen LogP contribution in [0.2, 0.25) is 0 Å². The largest absolute Gasteiger partial charge is 0.359 e. The molecule has 0 aliphatic carbocycles. The van der Waals surface area contributed by atoms with E-state index in [4.69, 9.17) is 12.2 Å². The molecule has 0 aliphatic heterocycles. The van der Waals surface area contributed by atoms with Crippen LogP contribution in [0.25, 0.3) is 0 Å². The summed E-state index contributed by atoms with van der Waals surface area (Å²) < 4.78 is 0.856. The molecular formula is C17H16IN3O2S. The number of amides is 2. The minimum absolute atomic E-state index is 0.0454. The lowest BCUT2D eigenvalue weighted by Crippen LogP contribution is -2.34. The molecule has 5 nitrogen and oxygen atoms in total. The van der Waals surface area contributed by atoms with E-state index in [0.717, 1.165) is 14.8 Å². The Morgan fingerprint density at radius 3 is 2.38 bits per heavy atom. The average Bonchev–Trinajstić information content (AvgIpc) is 2.56. The molecule has 0 radical (unpaired) electrons. The van der Waals surface area contributed by atoms with Crippen LogP contribution in [0.15, 0.2) is 48.5 Å². The van der Waals surface area contributed by atoms with Gasteiger partial charge in [0.1, 0.15) is 0 Å². The molecule has 0 saturated carbocycles. The van der Waals surface area contributed by atoms with Crippen molar-refractivity contribution in [3.8, 4) is 0 Å². The summed E-state index contributed by atoms with van der Waals surface area (Å²) in [7, 11) is 1.60. The highest BCUT2D eigenvalue weighted by molar-refractivity contribution is 14.1. The van der Waals surface area contributed by atoms with Crippen LogP contribution in [-0.2, 0) is 11.2 Å². The Hall–Kier alpha value is -2.00. The van der Waals surface area contributed by atoms with E-state index in [0.29, 0.717) is 12.0 Å². The van der Waals surface area contributed by atoms with Crippen LogP contribution in [0.1, 0.15) is 15.9 Å². The van der Waals surface area contributed by atoms with Crippen LogP contribution in [-0.4, -0.2) is 24.0 Å². The number of thiocarbonyl (C=S) groups is 1. The van der Waals surface area contributed by atoms with Gasteiger partial charge in [-0.15, -0.1) is 0 Å². The van der Waals surface area contributed by atoms with Crippen LogP contribution < -0.4 is 16.0 Å². The van der Waals surface area contributed by atoms with E-state index in [9.17, 15) is 9.59 Å². The molecule has 2 rings (SSSR count). The lowest BCUT2D eigenvalue weighted by Gasteiger charge is -2.11. The standard InChI is InChI=1S/C17H16IN3O2S/c1-19-15(22)10-11-6-8-12(9-7-11)20-17(24)21-16(23)13-4-2-3-5-14(13)18/h2-9H,10H2,1H3,(H,19,22)(H2,20,21,23,24). The molecule has 0 saturated heterocycles. The Morgan fingerprint density at radius 1 is 1.08 bits per heavy atom. The summed E-state index contributed by atoms with van der Waals surface area (Å²) in [5, 5.41) is 8.41. The highest BCUT2D eigenvalue weighted by atomic mass is 127. The third-order valence-electron chi connectivity index (χ3n) is 3.20. The van der Waals surface area contributed by atoms with E-state index in [-0.39, 0.29) is 16.9 Å². The Kier molecular flexibility index (Phi) is 6.68. The van der Waals surface area contributed by atoms with Crippen molar-refractivity contribution in [2.45, 2.75) is 6.42 Å². The van der Waals surface area contributed by atoms with Gasteiger partial charge >= 0.3 is 0 Å². The Labute approximate surface area is 159 Å². The summed E-state index contributed by atoms with van der Waals surface area (Å²) in [5.41, 5.74) is 2.21. The first-order valence-corrected chi connectivity index (χ1v) is 8.64. The molecule has 0 bridgehead atoms. The van der Waals surface area contributed by atoms with Gasteiger partial charge in [-0.05, 0) is 64.6 Å². The molecule has 0 spiro atoms. The van der Waals surface area contributed by atoms with Gasteiger partial charge in [0.25, 0.3) is 5.91 Å². The van der Waals surface area contributed by atoms with E-state index in [1.807, 2.05) is 36.4 Å². The molecule has 7 heteroatoms. The third-order valence-corrected chi connectivity index (χ3v) is 4.35. The second-order valence-electron chi connectivity index (χ2n) is 4.93. The fourth-order valence-corrected chi connectivity index (χ4v) is 2.80. The highest BCUT2D eigenvalue weighted by Crippen LogP contribution is 2.12. The van der Waals surface area contributed by atoms with Crippen molar-refractivity contribution in [2.24, 2.45) is 0 Å². The molecule has 0 aliphatic rings. The number of hydrogen-bond donors (Lipinski definition) is 3. The van der Waals surface area contributed by atoms with Gasteiger partial charge in [-0.25, -0.2) is 0 Å². The molecule has 3 N–H and O–H groups in total. The highest BCUT2D eigenvalue weighted by Gasteiger charge is 2.11. The predicted octanol–water partition coefficient (Wildman–Crippen LogP) is 2.71. The predicted molar refractivity (Wildman–Crippen MR) is 107 cm³/mol. The number of anilines is 1. The molecular weight excluding hydrogens is 437 g/mol. The topological polar surface area (TPSA) is 70.2 Å². The minimum Gasteiger partial charge on any atom is -0.359 e. The molecule has 124 valence electrons. The van der Waals surface area contributed by atoms with Crippen LogP contribution in [0, 0.1) is 3.57 Å². The zero-order valence-corrected chi connectivity index (χ0v) is 15.9. The summed E-state index contributed by atoms with van der Waals surface area (Å²) in [6, 6.07) is 14.6. The lowest BCUT2D eigenvalue weighted by molar-refractivity contribution is -0.119. The maximum atomic E-state index is 12.2. The van der Waals surface area contributed by atoms with Gasteiger partial charge in [0.2, 0.25) is 5.91 Å². The Bertz CT molecular complexity index is 763. The van der Waals surface area contributed by atoms with Crippen LogP contribution in [0.5, 0.6) is 0 Å². The van der Waals surface area contributed by atoms with Gasteiger partial charge < -0.3 is 10.6 Å². The van der Waals surface area contributed by atoms with Crippen molar-refractivity contribution in [1.82, 2.24) is 10.6 Å². The second kappa shape index (κ2) is 8.74. The average molecular weight is 453 g/mol. The monoisotopic (exact) mass is 453 g/mol. The summed E-state index contributed by atoms with van der Waals surface area (Å²) in [6.07, 6.45) is 0.324. The first-order chi connectivity index (χ1) is 11.5. The van der Waals surface area contributed by atoms with Gasteiger partial charge in [0, 0.05) is 16.3 Å². The van der Waals surface area contributed by atoms with E-state index in [1.165, 1.54) is 0 Å². The molecule has 0 fully saturated rings. The lowest BCUT2D eigenvalue weighted by atomic mass is 10.1. The molecule has 0 aromatic heterocycles. The van der Waals surface area contributed by atoms with Crippen molar-refractivity contribution in [1.29, 1.82) is 0 Å². The zero-order valence-electron chi connectivity index (χ0n) is 12.9. The van der Waals surface area contributed by atoms with Gasteiger partial charge in [0.05, 0.1) is 12.0 Å². The van der Waals surface area contributed by atoms with Crippen molar-refractivity contribution >= 4 is 57.4 Å². The van der Waals surface area contributed by atoms with Crippen molar-refractivity contribution in [2.75, 3.05) is 12.4 Å². The van der Waals surface area contributed by atoms with Crippen molar-refractivity contribution in [3.05, 3.63) is 63.2 Å². The van der Waals surface area contributed by atoms with E-state index in [2.05, 4.69) is 38.5 Å². The van der Waals surface area contributed by atoms with Crippen LogP contribution in [0.3, 0.4) is 0 Å². The van der Waals surface area contributed by atoms with E-state index in [1.54, 1.807) is 19.2 Å². The molecule has 0 heterocycles. The quantitative estimate of drug-likeness (QED) is 0.492. The molecule has 0 unspecified atom stereocenters. The fraction of sp³-hybridized carbons (Fsp3) is 0.118. The SMILES string of the molecule is CNC(=O)Cc1ccc(NC(=S)NC(=O)c2ccccc2I)cc1. The third kappa shape index (κ3) is 5.27. The number of hydrogen-bond acceptors (Lipinski definition) is 3. The first kappa shape index (κ1) is 18.3. The maximum absolute atomic E-state index is 12.2. The maximum Gasteiger partial charge on any atom is 0.258 e. The first-order valence-electron chi connectivity index (χ1n) is 7.16. The summed E-state index contributed by atoms with van der Waals surface area (Å²) >= 11 is 7.27. The smallest absolute Gasteiger partial charge is 0.258 e. The number of carbonyl (C=O) groups is 2. The summed E-state index contributed by atoms with van der Waals surface area (Å²) in [6.45, 7) is 0. The Balaban J connectivity index is 1.94. The number of benzene rings is 2. The molecule has 2 aromatic rings. The zero-order chi connectivity index (χ0) is 17.5. The van der Waals surface area contributed by atoms with E-state index >= 15 is 0 Å². The number of rotatable bonds is 4. The number of nitrogens with one attached hydrogen (secondary N) is 3. The molecule has 24 heavy (non-hydrogen) atoms. The van der Waals surface area contributed by atoms with Crippen LogP contribution in [0.4, 0.5) is 5.69 Å². The summed E-state index contributed by atoms with van der Waals surface area (Å²) in [4.78, 5) is 23.5. The van der Waals surface area contributed by atoms with Gasteiger partial charge in [-0.3, -0.25) is 14.9 Å². The van der Waals surface area contributed by atoms with Crippen molar-refractivity contribution < 1.29 is 9.59 Å². The van der Waals surface area contributed by atoms with Gasteiger partial charge in [-0.1, -0.05) is 24.3 Å². The molecule has 0 atom stereocenters. The Morgan fingerprint density at radius 2 is 1.75 bits per heavy atom. The van der Waals surface area contributed by atoms with Gasteiger partial charge in [0.15, 0.2) is 5.11 Å². The molecule has 2 aromatic carbocycles.